The maximum atomic E-state index is 12.9. The SMILES string of the molecule is Cc1ccc(NC(=O)Cn2nnc(C(=O)Nc3ccc(F)cc3)c2N)c(C)c1. The molecule has 9 heteroatoms. The summed E-state index contributed by atoms with van der Waals surface area (Å²) in [5.41, 5.74) is 8.88. The van der Waals surface area contributed by atoms with E-state index in [9.17, 15) is 14.0 Å². The Morgan fingerprint density at radius 2 is 1.82 bits per heavy atom. The van der Waals surface area contributed by atoms with Gasteiger partial charge >= 0.3 is 0 Å². The van der Waals surface area contributed by atoms with Crippen LogP contribution >= 0.6 is 0 Å². The van der Waals surface area contributed by atoms with Crippen molar-refractivity contribution >= 4 is 29.0 Å². The van der Waals surface area contributed by atoms with Crippen LogP contribution in [0.25, 0.3) is 0 Å². The third-order valence-electron chi connectivity index (χ3n) is 4.04. The average Bonchev–Trinajstić information content (AvgIpc) is 3.00. The molecule has 4 N–H and O–H groups in total. The topological polar surface area (TPSA) is 115 Å². The Morgan fingerprint density at radius 3 is 2.50 bits per heavy atom. The number of carbonyl (C=O) groups excluding carboxylic acids is 2. The van der Waals surface area contributed by atoms with Crippen molar-refractivity contribution in [2.75, 3.05) is 16.4 Å². The highest BCUT2D eigenvalue weighted by Crippen LogP contribution is 2.17. The third-order valence-corrected chi connectivity index (χ3v) is 4.04. The number of aromatic nitrogens is 3. The van der Waals surface area contributed by atoms with Crippen LogP contribution in [0.5, 0.6) is 0 Å². The van der Waals surface area contributed by atoms with Crippen LogP contribution < -0.4 is 16.4 Å². The van der Waals surface area contributed by atoms with Crippen molar-refractivity contribution in [1.29, 1.82) is 0 Å². The molecule has 0 atom stereocenters. The molecule has 2 amide bonds. The molecule has 0 saturated heterocycles. The Balaban J connectivity index is 1.67. The van der Waals surface area contributed by atoms with Crippen LogP contribution in [0.2, 0.25) is 0 Å². The van der Waals surface area contributed by atoms with Gasteiger partial charge in [-0.1, -0.05) is 22.9 Å². The standard InChI is InChI=1S/C19H19FN6O2/c1-11-3-8-15(12(2)9-11)23-16(27)10-26-18(21)17(24-25-26)19(28)22-14-6-4-13(20)5-7-14/h3-9H,10,21H2,1-2H3,(H,22,28)(H,23,27). The van der Waals surface area contributed by atoms with Gasteiger partial charge in [0.25, 0.3) is 5.91 Å². The molecule has 28 heavy (non-hydrogen) atoms. The van der Waals surface area contributed by atoms with Crippen molar-refractivity contribution < 1.29 is 14.0 Å². The molecule has 1 aromatic heterocycles. The van der Waals surface area contributed by atoms with Gasteiger partial charge < -0.3 is 16.4 Å². The number of nitrogen functional groups attached to an aromatic ring is 1. The molecule has 0 unspecified atom stereocenters. The fourth-order valence-corrected chi connectivity index (χ4v) is 2.60. The predicted octanol–water partition coefficient (Wildman–Crippen LogP) is 2.51. The van der Waals surface area contributed by atoms with E-state index < -0.39 is 11.7 Å². The summed E-state index contributed by atoms with van der Waals surface area (Å²) in [6.45, 7) is 3.66. The molecule has 0 bridgehead atoms. The number of hydrogen-bond acceptors (Lipinski definition) is 5. The van der Waals surface area contributed by atoms with Gasteiger partial charge in [-0.3, -0.25) is 9.59 Å². The van der Waals surface area contributed by atoms with Crippen LogP contribution in [-0.4, -0.2) is 26.8 Å². The van der Waals surface area contributed by atoms with Crippen molar-refractivity contribution in [1.82, 2.24) is 15.0 Å². The van der Waals surface area contributed by atoms with Crippen LogP contribution in [0, 0.1) is 19.7 Å². The van der Waals surface area contributed by atoms with Gasteiger partial charge in [0, 0.05) is 11.4 Å². The minimum Gasteiger partial charge on any atom is -0.382 e. The Hall–Kier alpha value is -3.75. The lowest BCUT2D eigenvalue weighted by molar-refractivity contribution is -0.116. The van der Waals surface area contributed by atoms with Crippen LogP contribution in [0.15, 0.2) is 42.5 Å². The number of rotatable bonds is 5. The van der Waals surface area contributed by atoms with Crippen LogP contribution in [-0.2, 0) is 11.3 Å². The normalized spacial score (nSPS) is 10.5. The highest BCUT2D eigenvalue weighted by Gasteiger charge is 2.19. The molecule has 0 radical (unpaired) electrons. The molecule has 2 aromatic carbocycles. The maximum absolute atomic E-state index is 12.9. The number of carbonyl (C=O) groups is 2. The van der Waals surface area contributed by atoms with E-state index in [4.69, 9.17) is 5.73 Å². The van der Waals surface area contributed by atoms with Gasteiger partial charge in [-0.2, -0.15) is 0 Å². The summed E-state index contributed by atoms with van der Waals surface area (Å²) < 4.78 is 14.1. The molecule has 1 heterocycles. The molecular formula is C19H19FN6O2. The second-order valence-electron chi connectivity index (χ2n) is 6.31. The highest BCUT2D eigenvalue weighted by atomic mass is 19.1. The van der Waals surface area contributed by atoms with E-state index in [2.05, 4.69) is 20.9 Å². The Labute approximate surface area is 160 Å². The summed E-state index contributed by atoms with van der Waals surface area (Å²) in [6.07, 6.45) is 0. The first kappa shape index (κ1) is 19.0. The Kier molecular flexibility index (Phi) is 5.35. The van der Waals surface area contributed by atoms with Crippen molar-refractivity contribution in [3.05, 3.63) is 65.1 Å². The van der Waals surface area contributed by atoms with Crippen LogP contribution in [0.4, 0.5) is 21.6 Å². The van der Waals surface area contributed by atoms with Gasteiger partial charge in [0.1, 0.15) is 12.4 Å². The summed E-state index contributed by atoms with van der Waals surface area (Å²) in [7, 11) is 0. The van der Waals surface area contributed by atoms with Gasteiger partial charge in [-0.15, -0.1) is 5.10 Å². The van der Waals surface area contributed by atoms with E-state index in [1.807, 2.05) is 32.0 Å². The number of halogens is 1. The molecule has 0 aliphatic carbocycles. The van der Waals surface area contributed by atoms with Gasteiger partial charge in [0.05, 0.1) is 0 Å². The number of anilines is 3. The summed E-state index contributed by atoms with van der Waals surface area (Å²) in [5, 5.41) is 12.8. The molecule has 8 nitrogen and oxygen atoms in total. The zero-order chi connectivity index (χ0) is 20.3. The first-order chi connectivity index (χ1) is 13.3. The van der Waals surface area contributed by atoms with Gasteiger partial charge in [0.15, 0.2) is 11.5 Å². The zero-order valence-corrected chi connectivity index (χ0v) is 15.4. The summed E-state index contributed by atoms with van der Waals surface area (Å²) in [6, 6.07) is 10.9. The Morgan fingerprint density at radius 1 is 1.11 bits per heavy atom. The molecule has 0 saturated carbocycles. The number of nitrogens with zero attached hydrogens (tertiary/aromatic N) is 3. The molecule has 0 aliphatic rings. The third kappa shape index (κ3) is 4.32. The van der Waals surface area contributed by atoms with Crippen molar-refractivity contribution in [3.63, 3.8) is 0 Å². The fourth-order valence-electron chi connectivity index (χ4n) is 2.60. The zero-order valence-electron chi connectivity index (χ0n) is 15.4. The molecule has 3 aromatic rings. The quantitative estimate of drug-likeness (QED) is 0.627. The second-order valence-corrected chi connectivity index (χ2v) is 6.31. The second kappa shape index (κ2) is 7.87. The molecule has 3 rings (SSSR count). The van der Waals surface area contributed by atoms with E-state index in [0.29, 0.717) is 11.4 Å². The molecule has 0 aliphatic heterocycles. The minimum absolute atomic E-state index is 0.0459. The number of amides is 2. The van der Waals surface area contributed by atoms with E-state index in [0.717, 1.165) is 15.8 Å². The maximum Gasteiger partial charge on any atom is 0.280 e. The summed E-state index contributed by atoms with van der Waals surface area (Å²) in [5.74, 6) is -1.42. The summed E-state index contributed by atoms with van der Waals surface area (Å²) >= 11 is 0. The van der Waals surface area contributed by atoms with Gasteiger partial charge in [-0.25, -0.2) is 9.07 Å². The van der Waals surface area contributed by atoms with E-state index in [1.54, 1.807) is 0 Å². The van der Waals surface area contributed by atoms with E-state index in [-0.39, 0.29) is 24.0 Å². The van der Waals surface area contributed by atoms with E-state index >= 15 is 0 Å². The largest absolute Gasteiger partial charge is 0.382 e. The summed E-state index contributed by atoms with van der Waals surface area (Å²) in [4.78, 5) is 24.6. The molecule has 144 valence electrons. The molecule has 0 spiro atoms. The number of aryl methyl sites for hydroxylation is 2. The number of nitrogens with two attached hydrogens (primary N) is 1. The monoisotopic (exact) mass is 382 g/mol. The molecular weight excluding hydrogens is 363 g/mol. The first-order valence-corrected chi connectivity index (χ1v) is 8.46. The number of benzene rings is 2. The lowest BCUT2D eigenvalue weighted by atomic mass is 10.1. The van der Waals surface area contributed by atoms with Crippen molar-refractivity contribution in [3.8, 4) is 0 Å². The number of hydrogen-bond donors (Lipinski definition) is 3. The number of nitrogens with one attached hydrogen (secondary N) is 2. The lowest BCUT2D eigenvalue weighted by Gasteiger charge is -2.09. The lowest BCUT2D eigenvalue weighted by Crippen LogP contribution is -2.21. The predicted molar refractivity (Wildman–Crippen MR) is 103 cm³/mol. The smallest absolute Gasteiger partial charge is 0.280 e. The van der Waals surface area contributed by atoms with Crippen molar-refractivity contribution in [2.24, 2.45) is 0 Å². The van der Waals surface area contributed by atoms with E-state index in [1.165, 1.54) is 24.3 Å². The van der Waals surface area contributed by atoms with Gasteiger partial charge in [-0.05, 0) is 49.7 Å². The Bertz CT molecular complexity index is 1030. The van der Waals surface area contributed by atoms with Crippen LogP contribution in [0.1, 0.15) is 21.6 Å². The average molecular weight is 382 g/mol. The molecule has 0 fully saturated rings. The minimum atomic E-state index is -0.606. The van der Waals surface area contributed by atoms with Crippen molar-refractivity contribution in [2.45, 2.75) is 20.4 Å². The fraction of sp³-hybridized carbons (Fsp3) is 0.158. The van der Waals surface area contributed by atoms with Gasteiger partial charge in [0.2, 0.25) is 5.91 Å². The highest BCUT2D eigenvalue weighted by molar-refractivity contribution is 6.05. The van der Waals surface area contributed by atoms with Crippen LogP contribution in [0.3, 0.4) is 0 Å². The first-order valence-electron chi connectivity index (χ1n) is 8.46.